The normalized spacial score (nSPS) is 11.0. The van der Waals surface area contributed by atoms with Crippen molar-refractivity contribution in [2.75, 3.05) is 12.3 Å². The van der Waals surface area contributed by atoms with Crippen molar-refractivity contribution in [2.24, 2.45) is 5.92 Å². The predicted molar refractivity (Wildman–Crippen MR) is 123 cm³/mol. The molecule has 0 radical (unpaired) electrons. The fourth-order valence-electron chi connectivity index (χ4n) is 2.91. The molecular weight excluding hydrogens is 412 g/mol. The second-order valence-electron chi connectivity index (χ2n) is 7.73. The Labute approximate surface area is 185 Å². The van der Waals surface area contributed by atoms with Crippen molar-refractivity contribution in [1.29, 1.82) is 0 Å². The highest BCUT2D eigenvalue weighted by molar-refractivity contribution is 7.99. The van der Waals surface area contributed by atoms with Crippen molar-refractivity contribution in [2.45, 2.75) is 32.5 Å². The van der Waals surface area contributed by atoms with Crippen LogP contribution in [0.3, 0.4) is 0 Å². The standard InChI is InChI=1S/C23H26N4O3S/c1-15(2)12-24-22(30)26-20(28)14-31-23-25-19-7-5-4-6-18(19)21(29)27(23)13-17-10-8-16(3)9-11-17/h4-11,15H,12-14H2,1-3H3,(H2,24,26,28,30). The summed E-state index contributed by atoms with van der Waals surface area (Å²) in [7, 11) is 0. The molecule has 1 aromatic heterocycles. The molecule has 0 aliphatic rings. The molecule has 0 saturated heterocycles. The molecule has 3 amide bonds. The highest BCUT2D eigenvalue weighted by Gasteiger charge is 2.15. The summed E-state index contributed by atoms with van der Waals surface area (Å²) in [6, 6.07) is 14.5. The van der Waals surface area contributed by atoms with Gasteiger partial charge < -0.3 is 5.32 Å². The van der Waals surface area contributed by atoms with E-state index in [1.165, 1.54) is 0 Å². The van der Waals surface area contributed by atoms with Crippen LogP contribution in [0.25, 0.3) is 10.9 Å². The molecule has 0 bridgehead atoms. The number of carbonyl (C=O) groups is 2. The minimum Gasteiger partial charge on any atom is -0.338 e. The van der Waals surface area contributed by atoms with Gasteiger partial charge in [0.25, 0.3) is 5.56 Å². The van der Waals surface area contributed by atoms with Gasteiger partial charge in [-0.2, -0.15) is 0 Å². The third kappa shape index (κ3) is 6.18. The van der Waals surface area contributed by atoms with Crippen LogP contribution in [0, 0.1) is 12.8 Å². The van der Waals surface area contributed by atoms with E-state index in [-0.39, 0.29) is 17.2 Å². The third-order valence-electron chi connectivity index (χ3n) is 4.54. The van der Waals surface area contributed by atoms with Crippen LogP contribution in [0.5, 0.6) is 0 Å². The van der Waals surface area contributed by atoms with Crippen molar-refractivity contribution < 1.29 is 9.59 Å². The SMILES string of the molecule is Cc1ccc(Cn2c(SCC(=O)NC(=O)NCC(C)C)nc3ccccc3c2=O)cc1. The molecule has 8 heteroatoms. The van der Waals surface area contributed by atoms with E-state index in [0.29, 0.717) is 29.1 Å². The Hall–Kier alpha value is -3.13. The number of rotatable bonds is 7. The van der Waals surface area contributed by atoms with Crippen LogP contribution in [0.4, 0.5) is 4.79 Å². The minimum atomic E-state index is -0.525. The van der Waals surface area contributed by atoms with Gasteiger partial charge in [0.1, 0.15) is 0 Å². The number of nitrogens with zero attached hydrogens (tertiary/aromatic N) is 2. The Bertz CT molecular complexity index is 1140. The first-order valence-electron chi connectivity index (χ1n) is 10.1. The van der Waals surface area contributed by atoms with Gasteiger partial charge in [0.2, 0.25) is 5.91 Å². The summed E-state index contributed by atoms with van der Waals surface area (Å²) < 4.78 is 1.57. The van der Waals surface area contributed by atoms with Crippen LogP contribution in [0.1, 0.15) is 25.0 Å². The first kappa shape index (κ1) is 22.6. The number of aromatic nitrogens is 2. The molecule has 2 N–H and O–H groups in total. The molecule has 1 heterocycles. The summed E-state index contributed by atoms with van der Waals surface area (Å²) in [6.45, 7) is 6.77. The number of urea groups is 1. The van der Waals surface area contributed by atoms with Crippen LogP contribution >= 0.6 is 11.8 Å². The summed E-state index contributed by atoms with van der Waals surface area (Å²) in [4.78, 5) is 41.8. The predicted octanol–water partition coefficient (Wildman–Crippen LogP) is 3.33. The number of nitrogens with one attached hydrogen (secondary N) is 2. The van der Waals surface area contributed by atoms with Crippen molar-refractivity contribution >= 4 is 34.6 Å². The van der Waals surface area contributed by atoms with Gasteiger partial charge in [0.05, 0.1) is 23.2 Å². The lowest BCUT2D eigenvalue weighted by Crippen LogP contribution is -2.41. The second-order valence-corrected chi connectivity index (χ2v) is 8.67. The maximum absolute atomic E-state index is 13.1. The zero-order valence-corrected chi connectivity index (χ0v) is 18.7. The van der Waals surface area contributed by atoms with Gasteiger partial charge in [-0.05, 0) is 30.5 Å². The van der Waals surface area contributed by atoms with Crippen molar-refractivity contribution in [3.05, 3.63) is 70.0 Å². The van der Waals surface area contributed by atoms with E-state index < -0.39 is 11.9 Å². The van der Waals surface area contributed by atoms with Crippen molar-refractivity contribution in [1.82, 2.24) is 20.2 Å². The van der Waals surface area contributed by atoms with Gasteiger partial charge in [0.15, 0.2) is 5.16 Å². The fourth-order valence-corrected chi connectivity index (χ4v) is 3.71. The van der Waals surface area contributed by atoms with Crippen LogP contribution in [0.15, 0.2) is 58.5 Å². The first-order valence-corrected chi connectivity index (χ1v) is 11.1. The molecular formula is C23H26N4O3S. The summed E-state index contributed by atoms with van der Waals surface area (Å²) >= 11 is 1.13. The number of carbonyl (C=O) groups excluding carboxylic acids is 2. The van der Waals surface area contributed by atoms with Gasteiger partial charge in [-0.25, -0.2) is 9.78 Å². The maximum Gasteiger partial charge on any atom is 0.321 e. The Morgan fingerprint density at radius 2 is 1.81 bits per heavy atom. The highest BCUT2D eigenvalue weighted by Crippen LogP contribution is 2.19. The maximum atomic E-state index is 13.1. The van der Waals surface area contributed by atoms with E-state index in [9.17, 15) is 14.4 Å². The van der Waals surface area contributed by atoms with E-state index in [1.54, 1.807) is 22.8 Å². The van der Waals surface area contributed by atoms with Gasteiger partial charge in [-0.15, -0.1) is 0 Å². The van der Waals surface area contributed by atoms with E-state index >= 15 is 0 Å². The van der Waals surface area contributed by atoms with Gasteiger partial charge in [0, 0.05) is 6.54 Å². The highest BCUT2D eigenvalue weighted by atomic mass is 32.2. The number of benzene rings is 2. The summed E-state index contributed by atoms with van der Waals surface area (Å²) in [5.41, 5.74) is 2.51. The lowest BCUT2D eigenvalue weighted by Gasteiger charge is -2.13. The largest absolute Gasteiger partial charge is 0.338 e. The average Bonchev–Trinajstić information content (AvgIpc) is 2.74. The molecule has 0 saturated carbocycles. The first-order chi connectivity index (χ1) is 14.8. The molecule has 2 aromatic carbocycles. The number of para-hydroxylation sites is 1. The van der Waals surface area contributed by atoms with Crippen LogP contribution in [-0.4, -0.2) is 33.8 Å². The quantitative estimate of drug-likeness (QED) is 0.436. The summed E-state index contributed by atoms with van der Waals surface area (Å²) in [5, 5.41) is 5.91. The Balaban J connectivity index is 1.81. The Kier molecular flexibility index (Phi) is 7.46. The number of hydrogen-bond donors (Lipinski definition) is 2. The fraction of sp³-hybridized carbons (Fsp3) is 0.304. The molecule has 0 aliphatic heterocycles. The molecule has 7 nitrogen and oxygen atoms in total. The van der Waals surface area contributed by atoms with E-state index in [2.05, 4.69) is 15.6 Å². The average molecular weight is 439 g/mol. The molecule has 0 atom stereocenters. The van der Waals surface area contributed by atoms with E-state index in [1.807, 2.05) is 51.1 Å². The van der Waals surface area contributed by atoms with Gasteiger partial charge in [-0.3, -0.25) is 19.5 Å². The van der Waals surface area contributed by atoms with E-state index in [4.69, 9.17) is 0 Å². The second kappa shape index (κ2) is 10.3. The van der Waals surface area contributed by atoms with Crippen molar-refractivity contribution in [3.8, 4) is 0 Å². The summed E-state index contributed by atoms with van der Waals surface area (Å²) in [6.07, 6.45) is 0. The number of hydrogen-bond acceptors (Lipinski definition) is 5. The van der Waals surface area contributed by atoms with Crippen LogP contribution in [-0.2, 0) is 11.3 Å². The summed E-state index contributed by atoms with van der Waals surface area (Å²) in [5.74, 6) is -0.197. The van der Waals surface area contributed by atoms with Gasteiger partial charge >= 0.3 is 6.03 Å². The number of amides is 3. The van der Waals surface area contributed by atoms with Gasteiger partial charge in [-0.1, -0.05) is 67.6 Å². The lowest BCUT2D eigenvalue weighted by molar-refractivity contribution is -0.117. The number of fused-ring (bicyclic) bond motifs is 1. The molecule has 3 aromatic rings. The molecule has 0 aliphatic carbocycles. The third-order valence-corrected chi connectivity index (χ3v) is 5.52. The Morgan fingerprint density at radius 3 is 2.52 bits per heavy atom. The number of thioether (sulfide) groups is 1. The smallest absolute Gasteiger partial charge is 0.321 e. The van der Waals surface area contributed by atoms with E-state index in [0.717, 1.165) is 22.9 Å². The zero-order valence-electron chi connectivity index (χ0n) is 17.8. The minimum absolute atomic E-state index is 0.0340. The number of aryl methyl sites for hydroxylation is 1. The van der Waals surface area contributed by atoms with Crippen molar-refractivity contribution in [3.63, 3.8) is 0 Å². The Morgan fingerprint density at radius 1 is 1.10 bits per heavy atom. The molecule has 0 spiro atoms. The molecule has 162 valence electrons. The zero-order chi connectivity index (χ0) is 22.4. The van der Waals surface area contributed by atoms with Crippen LogP contribution in [0.2, 0.25) is 0 Å². The molecule has 31 heavy (non-hydrogen) atoms. The molecule has 0 fully saturated rings. The number of imide groups is 1. The topological polar surface area (TPSA) is 93.1 Å². The molecule has 0 unspecified atom stereocenters. The monoisotopic (exact) mass is 438 g/mol. The molecule has 3 rings (SSSR count). The lowest BCUT2D eigenvalue weighted by atomic mass is 10.1. The van der Waals surface area contributed by atoms with Crippen LogP contribution < -0.4 is 16.2 Å².